The molecule has 2 aromatic rings. The van der Waals surface area contributed by atoms with E-state index in [1.165, 1.54) is 0 Å². The van der Waals surface area contributed by atoms with E-state index < -0.39 is 0 Å². The van der Waals surface area contributed by atoms with Gasteiger partial charge in [0, 0.05) is 4.47 Å². The second-order valence-corrected chi connectivity index (χ2v) is 5.66. The van der Waals surface area contributed by atoms with Gasteiger partial charge < -0.3 is 14.5 Å². The molecular formula is C14H15Br2NO2. The van der Waals surface area contributed by atoms with Crippen LogP contribution in [0.1, 0.15) is 24.3 Å². The monoisotopic (exact) mass is 387 g/mol. The molecule has 0 aliphatic rings. The summed E-state index contributed by atoms with van der Waals surface area (Å²) in [7, 11) is 1.66. The maximum absolute atomic E-state index is 5.67. The summed E-state index contributed by atoms with van der Waals surface area (Å²) in [6, 6.07) is 9.81. The third-order valence-electron chi connectivity index (χ3n) is 2.81. The van der Waals surface area contributed by atoms with Crippen molar-refractivity contribution < 1.29 is 9.15 Å². The number of halogens is 2. The van der Waals surface area contributed by atoms with Crippen LogP contribution >= 0.6 is 31.9 Å². The predicted molar refractivity (Wildman–Crippen MR) is 82.6 cm³/mol. The van der Waals surface area contributed by atoms with Gasteiger partial charge in [-0.15, -0.1) is 0 Å². The molecule has 2 rings (SSSR count). The number of nitrogens with one attached hydrogen (secondary N) is 1. The fraction of sp³-hybridized carbons (Fsp3) is 0.286. The molecule has 5 heteroatoms. The van der Waals surface area contributed by atoms with Crippen LogP contribution < -0.4 is 10.1 Å². The molecule has 102 valence electrons. The Morgan fingerprint density at radius 1 is 1.26 bits per heavy atom. The number of furan rings is 1. The molecule has 1 atom stereocenters. The lowest BCUT2D eigenvalue weighted by molar-refractivity contribution is 0.413. The van der Waals surface area contributed by atoms with Gasteiger partial charge in [-0.3, -0.25) is 0 Å². The van der Waals surface area contributed by atoms with E-state index in [9.17, 15) is 0 Å². The quantitative estimate of drug-likeness (QED) is 0.817. The zero-order valence-electron chi connectivity index (χ0n) is 10.7. The van der Waals surface area contributed by atoms with Crippen LogP contribution in [0, 0.1) is 0 Å². The van der Waals surface area contributed by atoms with Gasteiger partial charge in [-0.2, -0.15) is 0 Å². The standard InChI is InChI=1S/C14H15Br2NO2/c1-3-17-14(12-6-7-13(16)19-12)10-5-4-9(18-2)8-11(10)15/h4-8,14,17H,3H2,1-2H3. The molecule has 0 aliphatic carbocycles. The summed E-state index contributed by atoms with van der Waals surface area (Å²) >= 11 is 6.93. The van der Waals surface area contributed by atoms with E-state index in [4.69, 9.17) is 9.15 Å². The average Bonchev–Trinajstić information content (AvgIpc) is 2.83. The maximum atomic E-state index is 5.67. The Bertz CT molecular complexity index is 554. The second kappa shape index (κ2) is 6.59. The van der Waals surface area contributed by atoms with Crippen molar-refractivity contribution in [1.82, 2.24) is 5.32 Å². The van der Waals surface area contributed by atoms with Gasteiger partial charge in [0.05, 0.1) is 13.2 Å². The molecule has 0 saturated heterocycles. The number of ether oxygens (including phenoxy) is 1. The summed E-state index contributed by atoms with van der Waals surface area (Å²) in [6.07, 6.45) is 0. The number of rotatable bonds is 5. The van der Waals surface area contributed by atoms with Crippen molar-refractivity contribution in [3.63, 3.8) is 0 Å². The minimum absolute atomic E-state index is 0.0107. The predicted octanol–water partition coefficient (Wildman–Crippen LogP) is 4.51. The van der Waals surface area contributed by atoms with Crippen LogP contribution in [-0.2, 0) is 0 Å². The van der Waals surface area contributed by atoms with Gasteiger partial charge in [-0.25, -0.2) is 0 Å². The Morgan fingerprint density at radius 3 is 2.58 bits per heavy atom. The van der Waals surface area contributed by atoms with Crippen molar-refractivity contribution in [2.45, 2.75) is 13.0 Å². The highest BCUT2D eigenvalue weighted by Crippen LogP contribution is 2.33. The van der Waals surface area contributed by atoms with Crippen molar-refractivity contribution in [3.8, 4) is 5.75 Å². The fourth-order valence-corrected chi connectivity index (χ4v) is 2.83. The van der Waals surface area contributed by atoms with E-state index in [-0.39, 0.29) is 6.04 Å². The minimum atomic E-state index is 0.0107. The Balaban J connectivity index is 2.39. The summed E-state index contributed by atoms with van der Waals surface area (Å²) in [5, 5.41) is 3.42. The molecule has 3 nitrogen and oxygen atoms in total. The number of hydrogen-bond acceptors (Lipinski definition) is 3. The van der Waals surface area contributed by atoms with Crippen molar-refractivity contribution in [3.05, 3.63) is 50.8 Å². The zero-order chi connectivity index (χ0) is 13.8. The van der Waals surface area contributed by atoms with Crippen LogP contribution in [0.15, 0.2) is 43.9 Å². The van der Waals surface area contributed by atoms with Gasteiger partial charge in [0.1, 0.15) is 11.5 Å². The number of methoxy groups -OCH3 is 1. The molecule has 1 aromatic carbocycles. The molecule has 1 heterocycles. The first-order valence-electron chi connectivity index (χ1n) is 5.97. The maximum Gasteiger partial charge on any atom is 0.169 e. The summed E-state index contributed by atoms with van der Waals surface area (Å²) < 4.78 is 12.6. The molecular weight excluding hydrogens is 374 g/mol. The van der Waals surface area contributed by atoms with Gasteiger partial charge in [0.25, 0.3) is 0 Å². The number of benzene rings is 1. The highest BCUT2D eigenvalue weighted by Gasteiger charge is 2.19. The first-order valence-corrected chi connectivity index (χ1v) is 7.56. The summed E-state index contributed by atoms with van der Waals surface area (Å²) in [4.78, 5) is 0. The molecule has 0 spiro atoms. The first-order chi connectivity index (χ1) is 9.15. The van der Waals surface area contributed by atoms with E-state index >= 15 is 0 Å². The van der Waals surface area contributed by atoms with Crippen molar-refractivity contribution in [2.24, 2.45) is 0 Å². The van der Waals surface area contributed by atoms with E-state index in [2.05, 4.69) is 44.1 Å². The third kappa shape index (κ3) is 3.41. The molecule has 0 amide bonds. The Kier molecular flexibility index (Phi) is 5.07. The molecule has 0 aliphatic heterocycles. The Hall–Kier alpha value is -0.780. The van der Waals surface area contributed by atoms with E-state index in [0.717, 1.165) is 32.8 Å². The largest absolute Gasteiger partial charge is 0.497 e. The van der Waals surface area contributed by atoms with Crippen LogP contribution in [0.3, 0.4) is 0 Å². The van der Waals surface area contributed by atoms with Crippen LogP contribution in [0.25, 0.3) is 0 Å². The Labute approximate surface area is 129 Å². The van der Waals surface area contributed by atoms with Crippen LogP contribution in [-0.4, -0.2) is 13.7 Å². The molecule has 0 bridgehead atoms. The summed E-state index contributed by atoms with van der Waals surface area (Å²) in [6.45, 7) is 2.92. The SMILES string of the molecule is CCNC(c1ccc(Br)o1)c1ccc(OC)cc1Br. The van der Waals surface area contributed by atoms with Gasteiger partial charge in [0.2, 0.25) is 0 Å². The minimum Gasteiger partial charge on any atom is -0.497 e. The molecule has 0 radical (unpaired) electrons. The van der Waals surface area contributed by atoms with Crippen molar-refractivity contribution in [2.75, 3.05) is 13.7 Å². The van der Waals surface area contributed by atoms with Crippen LogP contribution in [0.4, 0.5) is 0 Å². The zero-order valence-corrected chi connectivity index (χ0v) is 13.9. The number of hydrogen-bond donors (Lipinski definition) is 1. The topological polar surface area (TPSA) is 34.4 Å². The van der Waals surface area contributed by atoms with Gasteiger partial charge in [-0.05, 0) is 52.3 Å². The van der Waals surface area contributed by atoms with Crippen molar-refractivity contribution in [1.29, 1.82) is 0 Å². The summed E-state index contributed by atoms with van der Waals surface area (Å²) in [5.74, 6) is 1.70. The van der Waals surface area contributed by atoms with Gasteiger partial charge in [0.15, 0.2) is 4.67 Å². The normalized spacial score (nSPS) is 12.4. The average molecular weight is 389 g/mol. The highest BCUT2D eigenvalue weighted by molar-refractivity contribution is 9.10. The fourth-order valence-electron chi connectivity index (χ4n) is 1.92. The molecule has 0 saturated carbocycles. The van der Waals surface area contributed by atoms with E-state index in [1.54, 1.807) is 7.11 Å². The lowest BCUT2D eigenvalue weighted by atomic mass is 10.0. The molecule has 1 N–H and O–H groups in total. The second-order valence-electron chi connectivity index (χ2n) is 4.02. The lowest BCUT2D eigenvalue weighted by Gasteiger charge is -2.18. The third-order valence-corrected chi connectivity index (χ3v) is 3.92. The van der Waals surface area contributed by atoms with Crippen LogP contribution in [0.5, 0.6) is 5.75 Å². The van der Waals surface area contributed by atoms with E-state index in [0.29, 0.717) is 0 Å². The van der Waals surface area contributed by atoms with E-state index in [1.807, 2.05) is 30.3 Å². The molecule has 19 heavy (non-hydrogen) atoms. The molecule has 1 aromatic heterocycles. The lowest BCUT2D eigenvalue weighted by Crippen LogP contribution is -2.21. The van der Waals surface area contributed by atoms with Gasteiger partial charge >= 0.3 is 0 Å². The van der Waals surface area contributed by atoms with Crippen molar-refractivity contribution >= 4 is 31.9 Å². The smallest absolute Gasteiger partial charge is 0.169 e. The molecule has 0 fully saturated rings. The Morgan fingerprint density at radius 2 is 2.05 bits per heavy atom. The first kappa shape index (κ1) is 14.6. The summed E-state index contributed by atoms with van der Waals surface area (Å²) in [5.41, 5.74) is 1.12. The van der Waals surface area contributed by atoms with Crippen LogP contribution in [0.2, 0.25) is 0 Å². The van der Waals surface area contributed by atoms with Gasteiger partial charge in [-0.1, -0.05) is 28.9 Å². The highest BCUT2D eigenvalue weighted by atomic mass is 79.9. The molecule has 1 unspecified atom stereocenters.